The van der Waals surface area contributed by atoms with Crippen LogP contribution in [0.1, 0.15) is 104 Å². The van der Waals surface area contributed by atoms with Crippen molar-refractivity contribution in [1.29, 1.82) is 0 Å². The second-order valence-electron chi connectivity index (χ2n) is 10.1. The molecule has 0 saturated heterocycles. The molecule has 0 unspecified atom stereocenters. The lowest BCUT2D eigenvalue weighted by atomic mass is 9.84. The molecule has 1 aromatic carbocycles. The highest BCUT2D eigenvalue weighted by atomic mass is 16.3. The van der Waals surface area contributed by atoms with Gasteiger partial charge < -0.3 is 15.3 Å². The Morgan fingerprint density at radius 3 is 1.93 bits per heavy atom. The number of benzene rings is 1. The van der Waals surface area contributed by atoms with Crippen LogP contribution in [0.2, 0.25) is 0 Å². The van der Waals surface area contributed by atoms with Crippen LogP contribution in [0.3, 0.4) is 0 Å². The fraction of sp³-hybridized carbons (Fsp3) is 0.750. The molecule has 27 heavy (non-hydrogen) atoms. The summed E-state index contributed by atoms with van der Waals surface area (Å²) in [5.41, 5.74) is 1.96. The van der Waals surface area contributed by atoms with Crippen LogP contribution in [0.25, 0.3) is 0 Å². The van der Waals surface area contributed by atoms with Gasteiger partial charge in [0.2, 0.25) is 0 Å². The first-order valence-electron chi connectivity index (χ1n) is 10.7. The van der Waals surface area contributed by atoms with Crippen LogP contribution < -0.4 is 0 Å². The lowest BCUT2D eigenvalue weighted by Crippen LogP contribution is -2.08. The Morgan fingerprint density at radius 1 is 0.741 bits per heavy atom. The number of phenols is 3. The van der Waals surface area contributed by atoms with Crippen molar-refractivity contribution in [2.45, 2.75) is 106 Å². The summed E-state index contributed by atoms with van der Waals surface area (Å²) in [6, 6.07) is 1.53. The SMILES string of the molecule is CCC(C)(C)CCCCCc1cc(O)c(O)c(CCCCC(C)(C)C)c1O. The maximum atomic E-state index is 10.6. The van der Waals surface area contributed by atoms with E-state index in [0.29, 0.717) is 22.8 Å². The molecule has 0 aromatic heterocycles. The van der Waals surface area contributed by atoms with Crippen LogP contribution in [-0.4, -0.2) is 15.3 Å². The molecule has 0 amide bonds. The van der Waals surface area contributed by atoms with Crippen molar-refractivity contribution in [2.24, 2.45) is 10.8 Å². The van der Waals surface area contributed by atoms with Crippen molar-refractivity contribution in [3.8, 4) is 17.2 Å². The van der Waals surface area contributed by atoms with Gasteiger partial charge in [0.25, 0.3) is 0 Å². The monoisotopic (exact) mass is 378 g/mol. The summed E-state index contributed by atoms with van der Waals surface area (Å²) in [6.07, 6.45) is 10.1. The van der Waals surface area contributed by atoms with Crippen LogP contribution in [-0.2, 0) is 12.8 Å². The minimum atomic E-state index is -0.156. The van der Waals surface area contributed by atoms with E-state index in [1.807, 2.05) is 0 Å². The molecule has 0 aliphatic rings. The number of hydrogen-bond donors (Lipinski definition) is 3. The number of hydrogen-bond acceptors (Lipinski definition) is 3. The predicted molar refractivity (Wildman–Crippen MR) is 115 cm³/mol. The van der Waals surface area contributed by atoms with Crippen LogP contribution in [0.4, 0.5) is 0 Å². The van der Waals surface area contributed by atoms with Gasteiger partial charge in [0, 0.05) is 5.56 Å². The second kappa shape index (κ2) is 10.2. The van der Waals surface area contributed by atoms with Crippen molar-refractivity contribution >= 4 is 0 Å². The molecule has 3 heteroatoms. The normalized spacial score (nSPS) is 12.5. The molecular weight excluding hydrogens is 336 g/mol. The van der Waals surface area contributed by atoms with Gasteiger partial charge in [0.1, 0.15) is 5.75 Å². The Hall–Kier alpha value is -1.38. The number of aryl methyl sites for hydroxylation is 1. The van der Waals surface area contributed by atoms with Gasteiger partial charge in [-0.2, -0.15) is 0 Å². The Balaban J connectivity index is 2.62. The van der Waals surface area contributed by atoms with Crippen LogP contribution in [0, 0.1) is 10.8 Å². The van der Waals surface area contributed by atoms with Crippen molar-refractivity contribution in [1.82, 2.24) is 0 Å². The summed E-state index contributed by atoms with van der Waals surface area (Å²) in [6.45, 7) is 13.5. The fourth-order valence-electron chi connectivity index (χ4n) is 3.42. The molecule has 3 N–H and O–H groups in total. The fourth-order valence-corrected chi connectivity index (χ4v) is 3.42. The third-order valence-corrected chi connectivity index (χ3v) is 5.79. The second-order valence-corrected chi connectivity index (χ2v) is 10.1. The van der Waals surface area contributed by atoms with E-state index in [1.54, 1.807) is 0 Å². The lowest BCUT2D eigenvalue weighted by molar-refractivity contribution is 0.308. The van der Waals surface area contributed by atoms with Gasteiger partial charge in [-0.1, -0.05) is 67.2 Å². The molecule has 0 bridgehead atoms. The zero-order valence-corrected chi connectivity index (χ0v) is 18.5. The molecule has 3 nitrogen and oxygen atoms in total. The van der Waals surface area contributed by atoms with E-state index in [0.717, 1.165) is 44.1 Å². The van der Waals surface area contributed by atoms with Gasteiger partial charge in [-0.15, -0.1) is 0 Å². The molecule has 0 aliphatic carbocycles. The highest BCUT2D eigenvalue weighted by molar-refractivity contribution is 5.56. The highest BCUT2D eigenvalue weighted by Crippen LogP contribution is 2.40. The van der Waals surface area contributed by atoms with Crippen molar-refractivity contribution < 1.29 is 15.3 Å². The summed E-state index contributed by atoms with van der Waals surface area (Å²) in [5.74, 6) is -0.0904. The molecule has 1 rings (SSSR count). The van der Waals surface area contributed by atoms with E-state index in [2.05, 4.69) is 41.5 Å². The molecule has 0 atom stereocenters. The molecule has 0 saturated carbocycles. The van der Waals surface area contributed by atoms with Crippen molar-refractivity contribution in [3.05, 3.63) is 17.2 Å². The molecule has 1 aromatic rings. The topological polar surface area (TPSA) is 60.7 Å². The average Bonchev–Trinajstić information content (AvgIpc) is 2.57. The zero-order valence-electron chi connectivity index (χ0n) is 18.5. The summed E-state index contributed by atoms with van der Waals surface area (Å²) < 4.78 is 0. The van der Waals surface area contributed by atoms with E-state index >= 15 is 0 Å². The minimum Gasteiger partial charge on any atom is -0.507 e. The Kier molecular flexibility index (Phi) is 8.98. The first-order valence-corrected chi connectivity index (χ1v) is 10.7. The number of unbranched alkanes of at least 4 members (excludes halogenated alkanes) is 3. The summed E-state index contributed by atoms with van der Waals surface area (Å²) in [7, 11) is 0. The summed E-state index contributed by atoms with van der Waals surface area (Å²) in [5, 5.41) is 30.9. The van der Waals surface area contributed by atoms with Crippen LogP contribution >= 0.6 is 0 Å². The van der Waals surface area contributed by atoms with Crippen LogP contribution in [0.15, 0.2) is 6.07 Å². The molecule has 0 aliphatic heterocycles. The van der Waals surface area contributed by atoms with E-state index in [9.17, 15) is 15.3 Å². The standard InChI is InChI=1S/C24H42O3/c1-7-24(5,6)16-11-8-9-13-18-17-20(25)22(27)19(21(18)26)14-10-12-15-23(2,3)4/h17,25-27H,7-16H2,1-6H3. The van der Waals surface area contributed by atoms with Gasteiger partial charge in [0.05, 0.1) is 0 Å². The third-order valence-electron chi connectivity index (χ3n) is 5.79. The van der Waals surface area contributed by atoms with Gasteiger partial charge in [-0.05, 0) is 61.0 Å². The number of aromatic hydroxyl groups is 3. The molecule has 0 radical (unpaired) electrons. The maximum Gasteiger partial charge on any atom is 0.164 e. The smallest absolute Gasteiger partial charge is 0.164 e. The first kappa shape index (κ1) is 23.7. The van der Waals surface area contributed by atoms with Crippen molar-refractivity contribution in [3.63, 3.8) is 0 Å². The quantitative estimate of drug-likeness (QED) is 0.218. The van der Waals surface area contributed by atoms with E-state index in [4.69, 9.17) is 0 Å². The van der Waals surface area contributed by atoms with E-state index < -0.39 is 0 Å². The van der Waals surface area contributed by atoms with Gasteiger partial charge in [-0.25, -0.2) is 0 Å². The van der Waals surface area contributed by atoms with Crippen molar-refractivity contribution in [2.75, 3.05) is 0 Å². The minimum absolute atomic E-state index is 0.110. The predicted octanol–water partition coefficient (Wildman–Crippen LogP) is 7.10. The highest BCUT2D eigenvalue weighted by Gasteiger charge is 2.18. The lowest BCUT2D eigenvalue weighted by Gasteiger charge is -2.22. The van der Waals surface area contributed by atoms with Gasteiger partial charge >= 0.3 is 0 Å². The first-order chi connectivity index (χ1) is 12.5. The zero-order chi connectivity index (χ0) is 20.7. The molecule has 0 spiro atoms. The molecule has 0 fully saturated rings. The van der Waals surface area contributed by atoms with Crippen LogP contribution in [0.5, 0.6) is 17.2 Å². The molecular formula is C24H42O3. The van der Waals surface area contributed by atoms with Gasteiger partial charge in [-0.3, -0.25) is 0 Å². The third kappa shape index (κ3) is 8.45. The largest absolute Gasteiger partial charge is 0.507 e. The Morgan fingerprint density at radius 2 is 1.33 bits per heavy atom. The summed E-state index contributed by atoms with van der Waals surface area (Å²) >= 11 is 0. The average molecular weight is 379 g/mol. The number of rotatable bonds is 11. The number of phenolic OH excluding ortho intramolecular Hbond substituents is 3. The Labute approximate surface area is 166 Å². The van der Waals surface area contributed by atoms with E-state index in [-0.39, 0.29) is 17.2 Å². The van der Waals surface area contributed by atoms with E-state index in [1.165, 1.54) is 25.3 Å². The maximum absolute atomic E-state index is 10.6. The molecule has 0 heterocycles. The van der Waals surface area contributed by atoms with Gasteiger partial charge in [0.15, 0.2) is 11.5 Å². The molecule has 156 valence electrons. The Bertz CT molecular complexity index is 582. The summed E-state index contributed by atoms with van der Waals surface area (Å²) in [4.78, 5) is 0.